The van der Waals surface area contributed by atoms with Crippen LogP contribution in [0.3, 0.4) is 0 Å². The molecule has 1 unspecified atom stereocenters. The van der Waals surface area contributed by atoms with Crippen LogP contribution in [0, 0.1) is 24.7 Å². The van der Waals surface area contributed by atoms with E-state index >= 15 is 0 Å². The first-order valence-electron chi connectivity index (χ1n) is 8.67. The van der Waals surface area contributed by atoms with Crippen molar-refractivity contribution < 1.29 is 9.59 Å². The first kappa shape index (κ1) is 18.4. The average molecular weight is 363 g/mol. The number of aryl methyl sites for hydroxylation is 1. The Morgan fingerprint density at radius 1 is 1.33 bits per heavy atom. The molecule has 0 saturated carbocycles. The second-order valence-electron chi connectivity index (χ2n) is 6.56. The summed E-state index contributed by atoms with van der Waals surface area (Å²) in [6, 6.07) is 7.32. The van der Waals surface area contributed by atoms with Gasteiger partial charge in [0.25, 0.3) is 5.91 Å². The van der Waals surface area contributed by atoms with Crippen LogP contribution in [0.2, 0.25) is 0 Å². The highest BCUT2D eigenvalue weighted by molar-refractivity contribution is 5.96. The molecule has 1 aliphatic rings. The minimum absolute atomic E-state index is 0.00447. The van der Waals surface area contributed by atoms with Crippen molar-refractivity contribution in [3.63, 3.8) is 0 Å². The zero-order valence-corrected chi connectivity index (χ0v) is 15.3. The topological polar surface area (TPSA) is 115 Å². The fourth-order valence-electron chi connectivity index (χ4n) is 2.97. The molecule has 1 saturated heterocycles. The number of piperidine rings is 1. The number of hydrogen-bond donors (Lipinski definition) is 2. The van der Waals surface area contributed by atoms with E-state index in [4.69, 9.17) is 11.5 Å². The van der Waals surface area contributed by atoms with Gasteiger partial charge >= 0.3 is 0 Å². The molecule has 0 spiro atoms. The maximum absolute atomic E-state index is 12.2. The zero-order valence-electron chi connectivity index (χ0n) is 15.3. The zero-order chi connectivity index (χ0) is 19.6. The normalized spacial score (nSPS) is 16.6. The number of nitrogens with zero attached hydrogens (tertiary/aromatic N) is 3. The van der Waals surface area contributed by atoms with Crippen molar-refractivity contribution in [2.45, 2.75) is 19.8 Å². The SMILES string of the molecule is Cc1nc(-c2cccc(C#CC3CCCN(C)C3=O)c2)nc(C(N)=O)c1N. The Balaban J connectivity index is 1.92. The van der Waals surface area contributed by atoms with Gasteiger partial charge in [-0.3, -0.25) is 9.59 Å². The predicted octanol–water partition coefficient (Wildman–Crippen LogP) is 1.35. The summed E-state index contributed by atoms with van der Waals surface area (Å²) in [5.74, 6) is 5.58. The van der Waals surface area contributed by atoms with Crippen molar-refractivity contribution in [1.29, 1.82) is 0 Å². The second kappa shape index (κ2) is 7.46. The fraction of sp³-hybridized carbons (Fsp3) is 0.300. The molecule has 1 aromatic heterocycles. The van der Waals surface area contributed by atoms with Crippen molar-refractivity contribution in [1.82, 2.24) is 14.9 Å². The van der Waals surface area contributed by atoms with Gasteiger partial charge in [-0.2, -0.15) is 0 Å². The Kier molecular flexibility index (Phi) is 5.08. The van der Waals surface area contributed by atoms with Gasteiger partial charge in [0.15, 0.2) is 11.5 Å². The van der Waals surface area contributed by atoms with Gasteiger partial charge in [-0.1, -0.05) is 24.0 Å². The number of likely N-dealkylation sites (tertiary alicyclic amines) is 1. The molecule has 1 aliphatic heterocycles. The average Bonchev–Trinajstić information content (AvgIpc) is 2.65. The molecular weight excluding hydrogens is 342 g/mol. The minimum atomic E-state index is -0.699. The number of carbonyl (C=O) groups is 2. The van der Waals surface area contributed by atoms with Gasteiger partial charge in [0, 0.05) is 24.7 Å². The molecule has 27 heavy (non-hydrogen) atoms. The van der Waals surface area contributed by atoms with E-state index < -0.39 is 5.91 Å². The van der Waals surface area contributed by atoms with E-state index in [1.807, 2.05) is 24.3 Å². The number of amides is 2. The lowest BCUT2D eigenvalue weighted by Gasteiger charge is -2.26. The van der Waals surface area contributed by atoms with E-state index in [1.54, 1.807) is 18.9 Å². The smallest absolute Gasteiger partial charge is 0.269 e. The monoisotopic (exact) mass is 363 g/mol. The summed E-state index contributed by atoms with van der Waals surface area (Å²) in [6.45, 7) is 2.48. The first-order valence-corrected chi connectivity index (χ1v) is 8.67. The third kappa shape index (κ3) is 3.90. The van der Waals surface area contributed by atoms with Crippen molar-refractivity contribution in [3.05, 3.63) is 41.2 Å². The number of rotatable bonds is 2. The molecule has 1 atom stereocenters. The highest BCUT2D eigenvalue weighted by atomic mass is 16.2. The summed E-state index contributed by atoms with van der Waals surface area (Å²) in [6.07, 6.45) is 1.73. The first-order chi connectivity index (χ1) is 12.9. The number of nitrogens with two attached hydrogens (primary N) is 2. The van der Waals surface area contributed by atoms with Crippen molar-refractivity contribution in [2.75, 3.05) is 19.3 Å². The molecule has 138 valence electrons. The van der Waals surface area contributed by atoms with Crippen LogP contribution in [0.5, 0.6) is 0 Å². The summed E-state index contributed by atoms with van der Waals surface area (Å²) in [7, 11) is 1.80. The van der Waals surface area contributed by atoms with E-state index in [9.17, 15) is 9.59 Å². The molecule has 0 bridgehead atoms. The predicted molar refractivity (Wildman–Crippen MR) is 102 cm³/mol. The van der Waals surface area contributed by atoms with Crippen LogP contribution >= 0.6 is 0 Å². The Bertz CT molecular complexity index is 974. The number of anilines is 1. The number of benzene rings is 1. The molecular formula is C20H21N5O2. The van der Waals surface area contributed by atoms with Gasteiger partial charge in [0.1, 0.15) is 0 Å². The molecule has 4 N–H and O–H groups in total. The van der Waals surface area contributed by atoms with Crippen LogP contribution in [0.1, 0.15) is 34.6 Å². The Morgan fingerprint density at radius 3 is 2.85 bits per heavy atom. The Labute approximate surface area is 157 Å². The Hall–Kier alpha value is -3.40. The minimum Gasteiger partial charge on any atom is -0.395 e. The van der Waals surface area contributed by atoms with E-state index in [0.717, 1.165) is 24.9 Å². The fourth-order valence-corrected chi connectivity index (χ4v) is 2.97. The summed E-state index contributed by atoms with van der Waals surface area (Å²) < 4.78 is 0. The molecule has 1 fully saturated rings. The van der Waals surface area contributed by atoms with Gasteiger partial charge in [-0.15, -0.1) is 0 Å². The number of hydrogen-bond acceptors (Lipinski definition) is 5. The number of aromatic nitrogens is 2. The molecule has 2 heterocycles. The van der Waals surface area contributed by atoms with Gasteiger partial charge in [0.2, 0.25) is 5.91 Å². The van der Waals surface area contributed by atoms with Crippen LogP contribution in [-0.2, 0) is 4.79 Å². The van der Waals surface area contributed by atoms with E-state index in [-0.39, 0.29) is 23.2 Å². The molecule has 0 radical (unpaired) electrons. The van der Waals surface area contributed by atoms with Crippen LogP contribution < -0.4 is 11.5 Å². The van der Waals surface area contributed by atoms with Crippen LogP contribution in [0.15, 0.2) is 24.3 Å². The third-order valence-electron chi connectivity index (χ3n) is 4.54. The summed E-state index contributed by atoms with van der Waals surface area (Å²) in [5, 5.41) is 0. The standard InChI is InChI=1S/C20H21N5O2/c1-12-16(21)17(18(22)26)24-19(23-12)15-6-3-5-13(11-15)8-9-14-7-4-10-25(2)20(14)27/h3,5-6,11,14H,4,7,10,21H2,1-2H3,(H2,22,26). The van der Waals surface area contributed by atoms with Crippen molar-refractivity contribution in [2.24, 2.45) is 11.7 Å². The largest absolute Gasteiger partial charge is 0.395 e. The van der Waals surface area contributed by atoms with Crippen LogP contribution in [0.4, 0.5) is 5.69 Å². The maximum Gasteiger partial charge on any atom is 0.269 e. The highest BCUT2D eigenvalue weighted by Gasteiger charge is 2.24. The molecule has 7 nitrogen and oxygen atoms in total. The van der Waals surface area contributed by atoms with E-state index in [0.29, 0.717) is 17.1 Å². The van der Waals surface area contributed by atoms with Crippen molar-refractivity contribution >= 4 is 17.5 Å². The molecule has 1 aromatic carbocycles. The van der Waals surface area contributed by atoms with E-state index in [1.165, 1.54) is 0 Å². The summed E-state index contributed by atoms with van der Waals surface area (Å²) in [4.78, 5) is 34.0. The molecule has 2 amide bonds. The lowest BCUT2D eigenvalue weighted by Crippen LogP contribution is -2.37. The lowest BCUT2D eigenvalue weighted by molar-refractivity contribution is -0.134. The molecule has 2 aromatic rings. The number of carbonyl (C=O) groups excluding carboxylic acids is 2. The van der Waals surface area contributed by atoms with Crippen molar-refractivity contribution in [3.8, 4) is 23.2 Å². The maximum atomic E-state index is 12.2. The van der Waals surface area contributed by atoms with Gasteiger partial charge in [-0.05, 0) is 31.9 Å². The highest BCUT2D eigenvalue weighted by Crippen LogP contribution is 2.21. The third-order valence-corrected chi connectivity index (χ3v) is 4.54. The molecule has 7 heteroatoms. The lowest BCUT2D eigenvalue weighted by atomic mass is 9.97. The van der Waals surface area contributed by atoms with Crippen LogP contribution in [0.25, 0.3) is 11.4 Å². The number of nitrogen functional groups attached to an aromatic ring is 1. The number of primary amides is 1. The molecule has 0 aliphatic carbocycles. The Morgan fingerprint density at radius 2 is 2.11 bits per heavy atom. The van der Waals surface area contributed by atoms with Gasteiger partial charge in [-0.25, -0.2) is 9.97 Å². The quantitative estimate of drug-likeness (QED) is 0.782. The van der Waals surface area contributed by atoms with Gasteiger partial charge in [0.05, 0.1) is 17.3 Å². The molecule has 3 rings (SSSR count). The summed E-state index contributed by atoms with van der Waals surface area (Å²) >= 11 is 0. The summed E-state index contributed by atoms with van der Waals surface area (Å²) in [5.41, 5.74) is 13.3. The second-order valence-corrected chi connectivity index (χ2v) is 6.56. The van der Waals surface area contributed by atoms with Crippen LogP contribution in [-0.4, -0.2) is 40.3 Å². The van der Waals surface area contributed by atoms with Gasteiger partial charge < -0.3 is 16.4 Å². The van der Waals surface area contributed by atoms with E-state index in [2.05, 4.69) is 21.8 Å².